The molecule has 4 atom stereocenters. The van der Waals surface area contributed by atoms with Crippen molar-refractivity contribution in [1.29, 1.82) is 0 Å². The first-order valence-electron chi connectivity index (χ1n) is 12.1. The molecule has 36 heavy (non-hydrogen) atoms. The zero-order valence-corrected chi connectivity index (χ0v) is 21.4. The molecular weight excluding hydrogens is 480 g/mol. The molecule has 2 aliphatic rings. The van der Waals surface area contributed by atoms with Gasteiger partial charge in [-0.2, -0.15) is 4.31 Å². The highest BCUT2D eigenvalue weighted by molar-refractivity contribution is 8.22. The van der Waals surface area contributed by atoms with Gasteiger partial charge in [-0.05, 0) is 60.9 Å². The Morgan fingerprint density at radius 3 is 2.75 bits per heavy atom. The summed E-state index contributed by atoms with van der Waals surface area (Å²) < 4.78 is 31.9. The third kappa shape index (κ3) is 4.86. The van der Waals surface area contributed by atoms with E-state index in [-0.39, 0.29) is 30.3 Å². The largest absolute Gasteiger partial charge is 0.487 e. The molecule has 192 valence electrons. The molecule has 2 aromatic carbocycles. The molecule has 0 radical (unpaired) electrons. The molecule has 1 aliphatic carbocycles. The SMILES string of the molecule is Cc1ccc(C(CC(=O)O)C2CC2c2cn(C)nn2)cc1CN1CC(C)Oc2ccccc2S1(O)O. The number of aliphatic carboxylic acids is 1. The molecule has 4 unspecified atom stereocenters. The van der Waals surface area contributed by atoms with Crippen LogP contribution in [0, 0.1) is 12.8 Å². The summed E-state index contributed by atoms with van der Waals surface area (Å²) in [6.45, 7) is 4.55. The lowest BCUT2D eigenvalue weighted by molar-refractivity contribution is -0.137. The minimum absolute atomic E-state index is 0.0289. The smallest absolute Gasteiger partial charge is 0.303 e. The monoisotopic (exact) mass is 512 g/mol. The van der Waals surface area contributed by atoms with Gasteiger partial charge in [-0.3, -0.25) is 18.6 Å². The van der Waals surface area contributed by atoms with E-state index in [0.29, 0.717) is 23.7 Å². The van der Waals surface area contributed by atoms with Crippen LogP contribution >= 0.6 is 10.8 Å². The average Bonchev–Trinajstić information content (AvgIpc) is 3.51. The van der Waals surface area contributed by atoms with Gasteiger partial charge in [0.25, 0.3) is 0 Å². The molecule has 3 aromatic rings. The predicted molar refractivity (Wildman–Crippen MR) is 136 cm³/mol. The van der Waals surface area contributed by atoms with Crippen molar-refractivity contribution in [3.8, 4) is 5.75 Å². The predicted octanol–water partition coefficient (Wildman–Crippen LogP) is 4.79. The molecule has 3 N–H and O–H groups in total. The third-order valence-corrected chi connectivity index (χ3v) is 9.12. The number of nitrogens with zero attached hydrogens (tertiary/aromatic N) is 4. The minimum Gasteiger partial charge on any atom is -0.487 e. The fourth-order valence-corrected chi connectivity index (χ4v) is 6.90. The van der Waals surface area contributed by atoms with E-state index in [9.17, 15) is 19.0 Å². The van der Waals surface area contributed by atoms with Crippen LogP contribution in [-0.2, 0) is 18.4 Å². The summed E-state index contributed by atoms with van der Waals surface area (Å²) in [5.74, 6) is -0.145. The van der Waals surface area contributed by atoms with E-state index >= 15 is 0 Å². The lowest BCUT2D eigenvalue weighted by Crippen LogP contribution is -2.33. The van der Waals surface area contributed by atoms with E-state index in [1.165, 1.54) is 0 Å². The summed E-state index contributed by atoms with van der Waals surface area (Å²) >= 11 is 0. The number of carboxylic acids is 1. The molecule has 0 bridgehead atoms. The van der Waals surface area contributed by atoms with Crippen molar-refractivity contribution in [3.05, 3.63) is 71.0 Å². The number of ether oxygens (including phenoxy) is 1. The summed E-state index contributed by atoms with van der Waals surface area (Å²) in [5, 5.41) is 17.9. The van der Waals surface area contributed by atoms with Crippen molar-refractivity contribution in [1.82, 2.24) is 19.3 Å². The van der Waals surface area contributed by atoms with Crippen LogP contribution in [0.15, 0.2) is 53.6 Å². The van der Waals surface area contributed by atoms with Crippen LogP contribution < -0.4 is 4.74 Å². The molecule has 5 rings (SSSR count). The fraction of sp³-hybridized carbons (Fsp3) is 0.423. The number of hydrogen-bond donors (Lipinski definition) is 3. The highest BCUT2D eigenvalue weighted by Gasteiger charge is 2.46. The molecule has 0 amide bonds. The third-order valence-electron chi connectivity index (χ3n) is 7.19. The van der Waals surface area contributed by atoms with Gasteiger partial charge >= 0.3 is 5.97 Å². The van der Waals surface area contributed by atoms with Crippen molar-refractivity contribution in [2.75, 3.05) is 6.54 Å². The Morgan fingerprint density at radius 1 is 1.25 bits per heavy atom. The van der Waals surface area contributed by atoms with E-state index in [1.54, 1.807) is 27.2 Å². The lowest BCUT2D eigenvalue weighted by Gasteiger charge is -2.42. The topological polar surface area (TPSA) is 121 Å². The molecule has 1 aromatic heterocycles. The Bertz CT molecular complexity index is 1280. The first kappa shape index (κ1) is 24.8. The van der Waals surface area contributed by atoms with Gasteiger partial charge in [-0.25, -0.2) is 0 Å². The molecule has 1 aliphatic heterocycles. The number of hydrogen-bond acceptors (Lipinski definition) is 7. The standard InChI is InChI=1S/C26H32N4O5S/c1-16-8-9-18(20(12-26(31)32)21-11-22(21)23-15-29(3)28-27-23)10-19(16)14-30-13-17(2)35-24-6-4-5-7-25(24)36(30,33)34/h4-10,15,17,20-22,33-34H,11-14H2,1-3H3,(H,31,32). The second kappa shape index (κ2) is 9.51. The number of aromatic nitrogens is 3. The van der Waals surface area contributed by atoms with E-state index < -0.39 is 16.7 Å². The van der Waals surface area contributed by atoms with Crippen LogP contribution in [-0.4, -0.2) is 52.1 Å². The second-order valence-electron chi connectivity index (χ2n) is 9.93. The highest BCUT2D eigenvalue weighted by Crippen LogP contribution is 2.58. The van der Waals surface area contributed by atoms with Gasteiger partial charge in [-0.1, -0.05) is 35.5 Å². The summed E-state index contributed by atoms with van der Waals surface area (Å²) in [6, 6.07) is 13.1. The van der Waals surface area contributed by atoms with Crippen molar-refractivity contribution >= 4 is 16.7 Å². The molecule has 0 spiro atoms. The average molecular weight is 513 g/mol. The van der Waals surface area contributed by atoms with Gasteiger partial charge in [0, 0.05) is 25.7 Å². The number of para-hydroxylation sites is 1. The molecule has 9 nitrogen and oxygen atoms in total. The minimum atomic E-state index is -3.27. The van der Waals surface area contributed by atoms with E-state index in [0.717, 1.165) is 28.8 Å². The van der Waals surface area contributed by atoms with Gasteiger partial charge in [0.2, 0.25) is 0 Å². The molecule has 1 fully saturated rings. The number of fused-ring (bicyclic) bond motifs is 1. The van der Waals surface area contributed by atoms with Gasteiger partial charge in [0.1, 0.15) is 16.7 Å². The van der Waals surface area contributed by atoms with Crippen molar-refractivity contribution in [2.45, 2.75) is 56.1 Å². The molecule has 2 heterocycles. The number of carbonyl (C=O) groups is 1. The van der Waals surface area contributed by atoms with Gasteiger partial charge in [0.05, 0.1) is 18.7 Å². The Morgan fingerprint density at radius 2 is 2.03 bits per heavy atom. The van der Waals surface area contributed by atoms with Crippen molar-refractivity contribution in [3.63, 3.8) is 0 Å². The maximum Gasteiger partial charge on any atom is 0.303 e. The Labute approximate surface area is 212 Å². The normalized spacial score (nSPS) is 24.8. The summed E-state index contributed by atoms with van der Waals surface area (Å²) in [7, 11) is -1.44. The molecule has 0 saturated heterocycles. The maximum atomic E-state index is 11.8. The highest BCUT2D eigenvalue weighted by atomic mass is 32.3. The van der Waals surface area contributed by atoms with Crippen LogP contribution in [0.1, 0.15) is 54.0 Å². The maximum absolute atomic E-state index is 11.8. The zero-order valence-electron chi connectivity index (χ0n) is 20.6. The quantitative estimate of drug-likeness (QED) is 0.413. The molecule has 1 saturated carbocycles. The summed E-state index contributed by atoms with van der Waals surface area (Å²) in [6.07, 6.45) is 2.57. The van der Waals surface area contributed by atoms with E-state index in [2.05, 4.69) is 10.3 Å². The van der Waals surface area contributed by atoms with Crippen LogP contribution in [0.25, 0.3) is 0 Å². The van der Waals surface area contributed by atoms with Crippen LogP contribution in [0.4, 0.5) is 0 Å². The van der Waals surface area contributed by atoms with Crippen LogP contribution in [0.2, 0.25) is 0 Å². The summed E-state index contributed by atoms with van der Waals surface area (Å²) in [4.78, 5) is 12.2. The van der Waals surface area contributed by atoms with Gasteiger partial charge < -0.3 is 9.84 Å². The molecular formula is C26H32N4O5S. The van der Waals surface area contributed by atoms with Crippen molar-refractivity contribution < 1.29 is 23.7 Å². The molecule has 10 heteroatoms. The first-order valence-corrected chi connectivity index (χ1v) is 13.6. The second-order valence-corrected chi connectivity index (χ2v) is 11.9. The van der Waals surface area contributed by atoms with E-state index in [1.807, 2.05) is 51.4 Å². The van der Waals surface area contributed by atoms with E-state index in [4.69, 9.17) is 4.74 Å². The fourth-order valence-electron chi connectivity index (χ4n) is 5.23. The number of aryl methyl sites for hydroxylation is 2. The lowest BCUT2D eigenvalue weighted by atomic mass is 9.87. The van der Waals surface area contributed by atoms with Gasteiger partial charge in [-0.15, -0.1) is 15.9 Å². The van der Waals surface area contributed by atoms with Gasteiger partial charge in [0.15, 0.2) is 0 Å². The number of rotatable bonds is 7. The van der Waals surface area contributed by atoms with Crippen LogP contribution in [0.5, 0.6) is 5.75 Å². The van der Waals surface area contributed by atoms with Crippen molar-refractivity contribution in [2.24, 2.45) is 13.0 Å². The first-order chi connectivity index (χ1) is 17.1. The number of benzene rings is 2. The number of carboxylic acid groups (broad SMARTS) is 1. The Hall–Kier alpha value is -2.92. The zero-order chi connectivity index (χ0) is 25.6. The Kier molecular flexibility index (Phi) is 6.54. The summed E-state index contributed by atoms with van der Waals surface area (Å²) in [5.41, 5.74) is 3.79. The van der Waals surface area contributed by atoms with Crippen LogP contribution in [0.3, 0.4) is 0 Å². The Balaban J connectivity index is 1.44.